The van der Waals surface area contributed by atoms with Crippen molar-refractivity contribution in [3.05, 3.63) is 34.9 Å². The van der Waals surface area contributed by atoms with Crippen LogP contribution in [0.3, 0.4) is 0 Å². The zero-order valence-electron chi connectivity index (χ0n) is 10.9. The third-order valence-corrected chi connectivity index (χ3v) is 3.95. The fourth-order valence-corrected chi connectivity index (χ4v) is 2.87. The van der Waals surface area contributed by atoms with E-state index in [9.17, 15) is 0 Å². The van der Waals surface area contributed by atoms with E-state index in [4.69, 9.17) is 5.73 Å². The average molecular weight is 254 g/mol. The van der Waals surface area contributed by atoms with Gasteiger partial charge in [0.05, 0.1) is 0 Å². The Labute approximate surface area is 111 Å². The number of rotatable bonds is 2. The van der Waals surface area contributed by atoms with Gasteiger partial charge in [-0.25, -0.2) is 0 Å². The minimum Gasteiger partial charge on any atom is -0.324 e. The monoisotopic (exact) mass is 253 g/mol. The molecule has 0 amide bonds. The molecule has 1 aromatic rings. The Bertz CT molecular complexity index is 356. The maximum atomic E-state index is 6.44. The van der Waals surface area contributed by atoms with Gasteiger partial charge in [-0.05, 0) is 43.7 Å². The number of hydrogen-bond donors (Lipinski definition) is 1. The summed E-state index contributed by atoms with van der Waals surface area (Å²) in [6.45, 7) is 4.33. The van der Waals surface area contributed by atoms with E-state index in [1.54, 1.807) is 0 Å². The lowest BCUT2D eigenvalue weighted by molar-refractivity contribution is 0.307. The molecule has 0 aromatic heterocycles. The molecule has 0 aliphatic heterocycles. The highest BCUT2D eigenvalue weighted by Gasteiger charge is 2.22. The molecule has 1 saturated carbocycles. The minimum absolute atomic E-state index is 0. The standard InChI is InChI=1S/C15H23N.ClH/c1-11-8-9-12(2)14(10-11)15(16)13-6-4-3-5-7-13;/h8-10,13,15H,3-7,16H2,1-2H3;1H/t15-;/m1./s1. The predicted octanol–water partition coefficient (Wildman–Crippen LogP) is 4.31. The quantitative estimate of drug-likeness (QED) is 0.835. The zero-order valence-corrected chi connectivity index (χ0v) is 11.7. The van der Waals surface area contributed by atoms with Gasteiger partial charge in [0.2, 0.25) is 0 Å². The lowest BCUT2D eigenvalue weighted by atomic mass is 9.80. The molecule has 2 heteroatoms. The summed E-state index contributed by atoms with van der Waals surface area (Å²) in [5, 5.41) is 0. The van der Waals surface area contributed by atoms with E-state index in [0.717, 1.165) is 0 Å². The Balaban J connectivity index is 0.00000144. The Morgan fingerprint density at radius 1 is 1.12 bits per heavy atom. The Morgan fingerprint density at radius 3 is 2.41 bits per heavy atom. The van der Waals surface area contributed by atoms with E-state index in [1.165, 1.54) is 48.8 Å². The first-order valence-electron chi connectivity index (χ1n) is 6.51. The van der Waals surface area contributed by atoms with Crippen molar-refractivity contribution in [2.45, 2.75) is 52.0 Å². The molecule has 2 N–H and O–H groups in total. The molecular weight excluding hydrogens is 230 g/mol. The molecule has 0 radical (unpaired) electrons. The summed E-state index contributed by atoms with van der Waals surface area (Å²) in [5.41, 5.74) is 10.5. The molecule has 1 nitrogen and oxygen atoms in total. The van der Waals surface area contributed by atoms with Crippen molar-refractivity contribution in [2.75, 3.05) is 0 Å². The number of benzene rings is 1. The number of aryl methyl sites for hydroxylation is 2. The molecule has 2 rings (SSSR count). The van der Waals surface area contributed by atoms with Crippen LogP contribution < -0.4 is 5.73 Å². The van der Waals surface area contributed by atoms with Crippen LogP contribution in [-0.4, -0.2) is 0 Å². The lowest BCUT2D eigenvalue weighted by Gasteiger charge is -2.29. The summed E-state index contributed by atoms with van der Waals surface area (Å²) >= 11 is 0. The smallest absolute Gasteiger partial charge is 0.0326 e. The average Bonchev–Trinajstić information content (AvgIpc) is 2.32. The first-order chi connectivity index (χ1) is 7.68. The molecule has 1 atom stereocenters. The molecule has 96 valence electrons. The molecule has 1 aliphatic rings. The van der Waals surface area contributed by atoms with Gasteiger partial charge in [0.15, 0.2) is 0 Å². The highest BCUT2D eigenvalue weighted by molar-refractivity contribution is 5.85. The number of hydrogen-bond acceptors (Lipinski definition) is 1. The van der Waals surface area contributed by atoms with Gasteiger partial charge in [0.1, 0.15) is 0 Å². The molecule has 17 heavy (non-hydrogen) atoms. The van der Waals surface area contributed by atoms with Gasteiger partial charge in [-0.15, -0.1) is 12.4 Å². The normalized spacial score (nSPS) is 18.5. The SMILES string of the molecule is Cc1ccc(C)c([C@H](N)C2CCCCC2)c1.Cl. The maximum absolute atomic E-state index is 6.44. The largest absolute Gasteiger partial charge is 0.324 e. The molecule has 1 aromatic carbocycles. The van der Waals surface area contributed by atoms with E-state index in [1.807, 2.05) is 0 Å². The Kier molecular flexibility index (Phi) is 5.48. The van der Waals surface area contributed by atoms with Crippen molar-refractivity contribution in [1.29, 1.82) is 0 Å². The van der Waals surface area contributed by atoms with Gasteiger partial charge in [0, 0.05) is 6.04 Å². The summed E-state index contributed by atoms with van der Waals surface area (Å²) in [5.74, 6) is 0.703. The minimum atomic E-state index is 0. The van der Waals surface area contributed by atoms with E-state index in [2.05, 4.69) is 32.0 Å². The third kappa shape index (κ3) is 3.46. The van der Waals surface area contributed by atoms with Gasteiger partial charge in [-0.1, -0.05) is 43.0 Å². The molecule has 1 aliphatic carbocycles. The predicted molar refractivity (Wildman–Crippen MR) is 76.7 cm³/mol. The highest BCUT2D eigenvalue weighted by atomic mass is 35.5. The van der Waals surface area contributed by atoms with Crippen LogP contribution in [0.25, 0.3) is 0 Å². The second-order valence-electron chi connectivity index (χ2n) is 5.28. The number of nitrogens with two attached hydrogens (primary N) is 1. The molecule has 0 spiro atoms. The summed E-state index contributed by atoms with van der Waals surface area (Å²) in [7, 11) is 0. The van der Waals surface area contributed by atoms with Crippen molar-refractivity contribution in [3.8, 4) is 0 Å². The Hall–Kier alpha value is -0.530. The summed E-state index contributed by atoms with van der Waals surface area (Å²) in [6, 6.07) is 6.90. The van der Waals surface area contributed by atoms with Crippen molar-refractivity contribution in [3.63, 3.8) is 0 Å². The van der Waals surface area contributed by atoms with Crippen molar-refractivity contribution in [2.24, 2.45) is 11.7 Å². The summed E-state index contributed by atoms with van der Waals surface area (Å²) < 4.78 is 0. The van der Waals surface area contributed by atoms with Crippen molar-refractivity contribution < 1.29 is 0 Å². The van der Waals surface area contributed by atoms with Crippen LogP contribution in [0.5, 0.6) is 0 Å². The zero-order chi connectivity index (χ0) is 11.5. The molecule has 0 unspecified atom stereocenters. The van der Waals surface area contributed by atoms with Gasteiger partial charge in [-0.2, -0.15) is 0 Å². The second-order valence-corrected chi connectivity index (χ2v) is 5.28. The lowest BCUT2D eigenvalue weighted by Crippen LogP contribution is -2.24. The van der Waals surface area contributed by atoms with E-state index in [-0.39, 0.29) is 18.4 Å². The molecule has 1 fully saturated rings. The number of halogens is 1. The fourth-order valence-electron chi connectivity index (χ4n) is 2.87. The van der Waals surface area contributed by atoms with Gasteiger partial charge in [-0.3, -0.25) is 0 Å². The Morgan fingerprint density at radius 2 is 1.76 bits per heavy atom. The van der Waals surface area contributed by atoms with E-state index < -0.39 is 0 Å². The van der Waals surface area contributed by atoms with Gasteiger partial charge < -0.3 is 5.73 Å². The van der Waals surface area contributed by atoms with Crippen LogP contribution in [0.2, 0.25) is 0 Å². The van der Waals surface area contributed by atoms with Crippen LogP contribution in [0.4, 0.5) is 0 Å². The fraction of sp³-hybridized carbons (Fsp3) is 0.600. The van der Waals surface area contributed by atoms with E-state index in [0.29, 0.717) is 5.92 Å². The third-order valence-electron chi connectivity index (χ3n) is 3.95. The van der Waals surface area contributed by atoms with Crippen LogP contribution in [0.15, 0.2) is 18.2 Å². The van der Waals surface area contributed by atoms with Crippen molar-refractivity contribution in [1.82, 2.24) is 0 Å². The molecular formula is C15H24ClN. The second kappa shape index (κ2) is 6.42. The van der Waals surface area contributed by atoms with Crippen LogP contribution in [-0.2, 0) is 0 Å². The molecule has 0 bridgehead atoms. The first-order valence-corrected chi connectivity index (χ1v) is 6.51. The topological polar surface area (TPSA) is 26.0 Å². The van der Waals surface area contributed by atoms with Gasteiger partial charge in [0.25, 0.3) is 0 Å². The van der Waals surface area contributed by atoms with Crippen LogP contribution >= 0.6 is 12.4 Å². The first kappa shape index (κ1) is 14.5. The maximum Gasteiger partial charge on any atom is 0.0326 e. The van der Waals surface area contributed by atoms with Crippen LogP contribution in [0.1, 0.15) is 54.8 Å². The van der Waals surface area contributed by atoms with Crippen LogP contribution in [0, 0.1) is 19.8 Å². The molecule has 0 heterocycles. The van der Waals surface area contributed by atoms with Crippen molar-refractivity contribution >= 4 is 12.4 Å². The summed E-state index contributed by atoms with van der Waals surface area (Å²) in [6.07, 6.45) is 6.76. The summed E-state index contributed by atoms with van der Waals surface area (Å²) in [4.78, 5) is 0. The van der Waals surface area contributed by atoms with E-state index >= 15 is 0 Å². The molecule has 0 saturated heterocycles. The van der Waals surface area contributed by atoms with Gasteiger partial charge >= 0.3 is 0 Å². The highest BCUT2D eigenvalue weighted by Crippen LogP contribution is 2.34.